The normalized spacial score (nSPS) is 17.3. The van der Waals surface area contributed by atoms with Crippen LogP contribution in [0.2, 0.25) is 0 Å². The highest BCUT2D eigenvalue weighted by molar-refractivity contribution is 5.03. The van der Waals surface area contributed by atoms with Crippen molar-refractivity contribution in [1.82, 2.24) is 14.9 Å². The smallest absolute Gasteiger partial charge is 0.0951 e. The first-order valence-corrected chi connectivity index (χ1v) is 7.05. The zero-order chi connectivity index (χ0) is 12.1. The van der Waals surface area contributed by atoms with Gasteiger partial charge >= 0.3 is 0 Å². The summed E-state index contributed by atoms with van der Waals surface area (Å²) in [6, 6.07) is 1.36. The van der Waals surface area contributed by atoms with Crippen molar-refractivity contribution >= 4 is 0 Å². The number of hydrogen-bond acceptors (Lipinski definition) is 2. The maximum atomic E-state index is 4.26. The first-order chi connectivity index (χ1) is 8.31. The molecule has 0 bridgehead atoms. The summed E-state index contributed by atoms with van der Waals surface area (Å²) in [5.74, 6) is 0. The molecule has 1 heterocycles. The lowest BCUT2D eigenvalue weighted by molar-refractivity contribution is 0.477. The van der Waals surface area contributed by atoms with Crippen LogP contribution in [0.3, 0.4) is 0 Å². The number of imidazole rings is 1. The quantitative estimate of drug-likeness (QED) is 0.701. The van der Waals surface area contributed by atoms with E-state index in [2.05, 4.69) is 28.7 Å². The van der Waals surface area contributed by atoms with Crippen LogP contribution in [0.5, 0.6) is 0 Å². The fraction of sp³-hybridized carbons (Fsp3) is 0.786. The lowest BCUT2D eigenvalue weighted by Crippen LogP contribution is -2.26. The van der Waals surface area contributed by atoms with Gasteiger partial charge in [-0.2, -0.15) is 0 Å². The first kappa shape index (κ1) is 12.6. The van der Waals surface area contributed by atoms with Crippen LogP contribution >= 0.6 is 0 Å². The highest BCUT2D eigenvalue weighted by Gasteiger charge is 2.24. The Kier molecular flexibility index (Phi) is 4.60. The Balaban J connectivity index is 1.71. The van der Waals surface area contributed by atoms with Crippen molar-refractivity contribution in [3.05, 3.63) is 18.2 Å². The SMILES string of the molecule is CCCCCC(C)NCc1cncn1C1CC1. The molecule has 2 rings (SSSR count). The van der Waals surface area contributed by atoms with Crippen LogP contribution in [-0.2, 0) is 6.54 Å². The molecule has 1 aromatic heterocycles. The minimum Gasteiger partial charge on any atom is -0.330 e. The number of unbranched alkanes of at least 4 members (excludes halogenated alkanes) is 2. The summed E-state index contributed by atoms with van der Waals surface area (Å²) < 4.78 is 2.34. The molecule has 1 saturated carbocycles. The average molecular weight is 235 g/mol. The molecule has 1 atom stereocenters. The molecule has 1 fully saturated rings. The number of rotatable bonds is 8. The first-order valence-electron chi connectivity index (χ1n) is 7.05. The van der Waals surface area contributed by atoms with Gasteiger partial charge in [-0.1, -0.05) is 26.2 Å². The highest BCUT2D eigenvalue weighted by Crippen LogP contribution is 2.35. The second-order valence-corrected chi connectivity index (χ2v) is 5.30. The van der Waals surface area contributed by atoms with E-state index in [-0.39, 0.29) is 0 Å². The van der Waals surface area contributed by atoms with Gasteiger partial charge in [0.15, 0.2) is 0 Å². The predicted molar refractivity (Wildman–Crippen MR) is 70.9 cm³/mol. The third kappa shape index (κ3) is 3.84. The summed E-state index contributed by atoms with van der Waals surface area (Å²) in [5, 5.41) is 3.61. The van der Waals surface area contributed by atoms with Crippen LogP contribution in [0.15, 0.2) is 12.5 Å². The Hall–Kier alpha value is -0.830. The van der Waals surface area contributed by atoms with Crippen molar-refractivity contribution in [2.45, 2.75) is 71.0 Å². The van der Waals surface area contributed by atoms with Gasteiger partial charge in [-0.3, -0.25) is 0 Å². The fourth-order valence-electron chi connectivity index (χ4n) is 2.23. The van der Waals surface area contributed by atoms with E-state index in [0.717, 1.165) is 12.6 Å². The zero-order valence-electron chi connectivity index (χ0n) is 11.2. The van der Waals surface area contributed by atoms with Gasteiger partial charge in [0.25, 0.3) is 0 Å². The third-order valence-electron chi connectivity index (χ3n) is 3.56. The Labute approximate surface area is 105 Å². The van der Waals surface area contributed by atoms with E-state index < -0.39 is 0 Å². The van der Waals surface area contributed by atoms with Crippen molar-refractivity contribution in [3.8, 4) is 0 Å². The third-order valence-corrected chi connectivity index (χ3v) is 3.56. The van der Waals surface area contributed by atoms with E-state index in [1.54, 1.807) is 0 Å². The second-order valence-electron chi connectivity index (χ2n) is 5.30. The van der Waals surface area contributed by atoms with Gasteiger partial charge in [-0.25, -0.2) is 4.98 Å². The number of aromatic nitrogens is 2. The molecule has 0 aliphatic heterocycles. The molecule has 3 heteroatoms. The molecule has 0 spiro atoms. The van der Waals surface area contributed by atoms with E-state index in [1.165, 1.54) is 44.2 Å². The van der Waals surface area contributed by atoms with Crippen LogP contribution in [-0.4, -0.2) is 15.6 Å². The summed E-state index contributed by atoms with van der Waals surface area (Å²) in [6.45, 7) is 5.50. The molecule has 1 aliphatic carbocycles. The van der Waals surface area contributed by atoms with Gasteiger partial charge in [0.05, 0.1) is 12.0 Å². The predicted octanol–water partition coefficient (Wildman–Crippen LogP) is 3.28. The summed E-state index contributed by atoms with van der Waals surface area (Å²) >= 11 is 0. The minimum atomic E-state index is 0.615. The number of nitrogens with one attached hydrogen (secondary N) is 1. The number of hydrogen-bond donors (Lipinski definition) is 1. The molecule has 1 aromatic rings. The van der Waals surface area contributed by atoms with Gasteiger partial charge in [0, 0.05) is 24.8 Å². The Morgan fingerprint density at radius 1 is 1.47 bits per heavy atom. The standard InChI is InChI=1S/C14H25N3/c1-3-4-5-6-12(2)16-10-14-9-15-11-17(14)13-7-8-13/h9,11-13,16H,3-8,10H2,1-2H3. The largest absolute Gasteiger partial charge is 0.330 e. The van der Waals surface area contributed by atoms with Gasteiger partial charge in [0.2, 0.25) is 0 Å². The Morgan fingerprint density at radius 2 is 2.29 bits per heavy atom. The summed E-state index contributed by atoms with van der Waals surface area (Å²) in [6.07, 6.45) is 11.9. The molecule has 96 valence electrons. The molecular formula is C14H25N3. The van der Waals surface area contributed by atoms with Crippen LogP contribution in [0.1, 0.15) is 64.1 Å². The molecule has 17 heavy (non-hydrogen) atoms. The van der Waals surface area contributed by atoms with E-state index in [9.17, 15) is 0 Å². The van der Waals surface area contributed by atoms with Crippen LogP contribution in [0, 0.1) is 0 Å². The zero-order valence-corrected chi connectivity index (χ0v) is 11.2. The average Bonchev–Trinajstić information content (AvgIpc) is 3.06. The molecule has 0 amide bonds. The maximum Gasteiger partial charge on any atom is 0.0951 e. The molecule has 1 aliphatic rings. The number of nitrogens with zero attached hydrogens (tertiary/aromatic N) is 2. The Morgan fingerprint density at radius 3 is 3.00 bits per heavy atom. The lowest BCUT2D eigenvalue weighted by atomic mass is 10.1. The second kappa shape index (κ2) is 6.20. The van der Waals surface area contributed by atoms with Crippen LogP contribution < -0.4 is 5.32 Å². The molecule has 0 radical (unpaired) electrons. The highest BCUT2D eigenvalue weighted by atomic mass is 15.1. The van der Waals surface area contributed by atoms with Crippen LogP contribution in [0.4, 0.5) is 0 Å². The summed E-state index contributed by atoms with van der Waals surface area (Å²) in [4.78, 5) is 4.26. The van der Waals surface area contributed by atoms with Crippen molar-refractivity contribution < 1.29 is 0 Å². The Bertz CT molecular complexity index is 328. The van der Waals surface area contributed by atoms with E-state index >= 15 is 0 Å². The van der Waals surface area contributed by atoms with Crippen molar-refractivity contribution in [3.63, 3.8) is 0 Å². The summed E-state index contributed by atoms with van der Waals surface area (Å²) in [7, 11) is 0. The topological polar surface area (TPSA) is 29.9 Å². The van der Waals surface area contributed by atoms with Crippen molar-refractivity contribution in [1.29, 1.82) is 0 Å². The van der Waals surface area contributed by atoms with E-state index in [1.807, 2.05) is 12.5 Å². The molecule has 1 N–H and O–H groups in total. The van der Waals surface area contributed by atoms with Crippen molar-refractivity contribution in [2.24, 2.45) is 0 Å². The minimum absolute atomic E-state index is 0.615. The molecule has 0 aromatic carbocycles. The van der Waals surface area contributed by atoms with Gasteiger partial charge < -0.3 is 9.88 Å². The van der Waals surface area contributed by atoms with E-state index in [4.69, 9.17) is 0 Å². The van der Waals surface area contributed by atoms with Gasteiger partial charge in [-0.05, 0) is 26.2 Å². The van der Waals surface area contributed by atoms with Gasteiger partial charge in [-0.15, -0.1) is 0 Å². The lowest BCUT2D eigenvalue weighted by Gasteiger charge is -2.14. The van der Waals surface area contributed by atoms with Crippen LogP contribution in [0.25, 0.3) is 0 Å². The molecule has 0 saturated heterocycles. The fourth-order valence-corrected chi connectivity index (χ4v) is 2.23. The monoisotopic (exact) mass is 235 g/mol. The van der Waals surface area contributed by atoms with Gasteiger partial charge in [0.1, 0.15) is 0 Å². The maximum absolute atomic E-state index is 4.26. The summed E-state index contributed by atoms with van der Waals surface area (Å²) in [5.41, 5.74) is 1.34. The van der Waals surface area contributed by atoms with Crippen molar-refractivity contribution in [2.75, 3.05) is 0 Å². The molecule has 1 unspecified atom stereocenters. The van der Waals surface area contributed by atoms with E-state index in [0.29, 0.717) is 6.04 Å². The molecular weight excluding hydrogens is 210 g/mol. The molecule has 3 nitrogen and oxygen atoms in total.